The van der Waals surface area contributed by atoms with Gasteiger partial charge in [-0.1, -0.05) is 20.8 Å². The largest absolute Gasteiger partial charge is 0.381 e. The van der Waals surface area contributed by atoms with Crippen molar-refractivity contribution in [3.05, 3.63) is 0 Å². The Morgan fingerprint density at radius 2 is 2.00 bits per heavy atom. The maximum Gasteiger partial charge on any atom is 0.0517 e. The van der Waals surface area contributed by atoms with Crippen molar-refractivity contribution in [2.45, 2.75) is 46.6 Å². The van der Waals surface area contributed by atoms with Crippen LogP contribution in [-0.4, -0.2) is 19.3 Å². The summed E-state index contributed by atoms with van der Waals surface area (Å²) in [6.45, 7) is 10.3. The van der Waals surface area contributed by atoms with E-state index in [4.69, 9.17) is 10.5 Å². The van der Waals surface area contributed by atoms with Gasteiger partial charge >= 0.3 is 0 Å². The lowest BCUT2D eigenvalue weighted by Crippen LogP contribution is -2.28. The number of ether oxygens (including phenoxy) is 1. The molecule has 12 heavy (non-hydrogen) atoms. The Hall–Kier alpha value is -0.0800. The van der Waals surface area contributed by atoms with Crippen LogP contribution in [0.2, 0.25) is 0 Å². The summed E-state index contributed by atoms with van der Waals surface area (Å²) < 4.78 is 5.49. The van der Waals surface area contributed by atoms with E-state index < -0.39 is 0 Å². The lowest BCUT2D eigenvalue weighted by atomic mass is 9.87. The van der Waals surface area contributed by atoms with Gasteiger partial charge in [-0.2, -0.15) is 0 Å². The topological polar surface area (TPSA) is 35.2 Å². The van der Waals surface area contributed by atoms with Gasteiger partial charge in [0.05, 0.1) is 6.61 Å². The fourth-order valence-corrected chi connectivity index (χ4v) is 1.42. The van der Waals surface area contributed by atoms with E-state index in [0.29, 0.717) is 0 Å². The van der Waals surface area contributed by atoms with Crippen LogP contribution in [-0.2, 0) is 4.74 Å². The zero-order valence-electron chi connectivity index (χ0n) is 8.89. The molecule has 0 fully saturated rings. The van der Waals surface area contributed by atoms with E-state index in [9.17, 15) is 0 Å². The van der Waals surface area contributed by atoms with Gasteiger partial charge in [0.25, 0.3) is 0 Å². The average Bonchev–Trinajstić information content (AvgIpc) is 1.84. The molecule has 0 aromatic rings. The quantitative estimate of drug-likeness (QED) is 0.625. The highest BCUT2D eigenvalue weighted by Gasteiger charge is 2.19. The Labute approximate surface area is 76.5 Å². The van der Waals surface area contributed by atoms with E-state index in [0.717, 1.165) is 26.1 Å². The Bertz CT molecular complexity index is 110. The van der Waals surface area contributed by atoms with Crippen LogP contribution in [0.4, 0.5) is 0 Å². The highest BCUT2D eigenvalue weighted by molar-refractivity contribution is 4.72. The first-order valence-electron chi connectivity index (χ1n) is 4.81. The van der Waals surface area contributed by atoms with Crippen LogP contribution in [0.15, 0.2) is 0 Å². The second-order valence-electron chi connectivity index (χ2n) is 4.40. The van der Waals surface area contributed by atoms with Crippen molar-refractivity contribution in [2.24, 2.45) is 11.1 Å². The van der Waals surface area contributed by atoms with E-state index >= 15 is 0 Å². The van der Waals surface area contributed by atoms with E-state index in [1.165, 1.54) is 0 Å². The SMILES string of the molecule is CCCOCC(C)(C)CC(C)N. The van der Waals surface area contributed by atoms with Crippen molar-refractivity contribution in [2.75, 3.05) is 13.2 Å². The lowest BCUT2D eigenvalue weighted by Gasteiger charge is -2.26. The van der Waals surface area contributed by atoms with Crippen molar-refractivity contribution in [3.8, 4) is 0 Å². The number of hydrogen-bond acceptors (Lipinski definition) is 2. The molecule has 2 heteroatoms. The molecule has 0 bridgehead atoms. The fraction of sp³-hybridized carbons (Fsp3) is 1.00. The molecule has 0 aromatic carbocycles. The van der Waals surface area contributed by atoms with Gasteiger partial charge in [0, 0.05) is 12.6 Å². The second kappa shape index (κ2) is 5.55. The molecule has 2 nitrogen and oxygen atoms in total. The Morgan fingerprint density at radius 1 is 1.42 bits per heavy atom. The molecule has 0 aliphatic heterocycles. The summed E-state index contributed by atoms with van der Waals surface area (Å²) in [5.41, 5.74) is 5.95. The van der Waals surface area contributed by atoms with Crippen molar-refractivity contribution in [1.82, 2.24) is 0 Å². The predicted octanol–water partition coefficient (Wildman–Crippen LogP) is 2.18. The first-order chi connectivity index (χ1) is 5.48. The van der Waals surface area contributed by atoms with Crippen LogP contribution >= 0.6 is 0 Å². The smallest absolute Gasteiger partial charge is 0.0517 e. The Kier molecular flexibility index (Phi) is 5.51. The molecule has 1 atom stereocenters. The van der Waals surface area contributed by atoms with E-state index in [1.807, 2.05) is 6.92 Å². The minimum Gasteiger partial charge on any atom is -0.381 e. The molecule has 0 saturated heterocycles. The lowest BCUT2D eigenvalue weighted by molar-refractivity contribution is 0.0555. The van der Waals surface area contributed by atoms with E-state index in [1.54, 1.807) is 0 Å². The van der Waals surface area contributed by atoms with Crippen LogP contribution in [0.3, 0.4) is 0 Å². The summed E-state index contributed by atoms with van der Waals surface area (Å²) in [6.07, 6.45) is 2.12. The van der Waals surface area contributed by atoms with Crippen LogP contribution in [0, 0.1) is 5.41 Å². The normalized spacial score (nSPS) is 14.8. The zero-order valence-corrected chi connectivity index (χ0v) is 8.89. The van der Waals surface area contributed by atoms with Gasteiger partial charge in [0.15, 0.2) is 0 Å². The van der Waals surface area contributed by atoms with Gasteiger partial charge in [-0.15, -0.1) is 0 Å². The van der Waals surface area contributed by atoms with Crippen molar-refractivity contribution < 1.29 is 4.74 Å². The van der Waals surface area contributed by atoms with Crippen LogP contribution < -0.4 is 5.73 Å². The Balaban J connectivity index is 3.56. The maximum atomic E-state index is 5.73. The van der Waals surface area contributed by atoms with Gasteiger partial charge in [0.1, 0.15) is 0 Å². The minimum absolute atomic E-state index is 0.226. The second-order valence-corrected chi connectivity index (χ2v) is 4.40. The molecular formula is C10H23NO. The zero-order chi connectivity index (χ0) is 9.61. The number of nitrogens with two attached hydrogens (primary N) is 1. The fourth-order valence-electron chi connectivity index (χ4n) is 1.42. The van der Waals surface area contributed by atoms with E-state index in [-0.39, 0.29) is 11.5 Å². The molecule has 0 aromatic heterocycles. The van der Waals surface area contributed by atoms with Gasteiger partial charge in [-0.05, 0) is 25.2 Å². The van der Waals surface area contributed by atoms with Gasteiger partial charge in [0.2, 0.25) is 0 Å². The molecule has 0 aliphatic carbocycles. The molecule has 74 valence electrons. The molecule has 2 N–H and O–H groups in total. The maximum absolute atomic E-state index is 5.73. The summed E-state index contributed by atoms with van der Waals surface area (Å²) >= 11 is 0. The molecule has 0 heterocycles. The summed E-state index contributed by atoms with van der Waals surface area (Å²) in [6, 6.07) is 0.269. The summed E-state index contributed by atoms with van der Waals surface area (Å²) in [5.74, 6) is 0. The van der Waals surface area contributed by atoms with Gasteiger partial charge in [-0.25, -0.2) is 0 Å². The highest BCUT2D eigenvalue weighted by atomic mass is 16.5. The predicted molar refractivity (Wildman–Crippen MR) is 53.2 cm³/mol. The monoisotopic (exact) mass is 173 g/mol. The summed E-state index contributed by atoms with van der Waals surface area (Å²) in [7, 11) is 0. The molecule has 0 radical (unpaired) electrons. The molecule has 0 saturated carbocycles. The van der Waals surface area contributed by atoms with Crippen molar-refractivity contribution >= 4 is 0 Å². The average molecular weight is 173 g/mol. The minimum atomic E-state index is 0.226. The Morgan fingerprint density at radius 3 is 2.42 bits per heavy atom. The number of hydrogen-bond donors (Lipinski definition) is 1. The molecule has 0 amide bonds. The summed E-state index contributed by atoms with van der Waals surface area (Å²) in [5, 5.41) is 0. The number of rotatable bonds is 6. The molecule has 0 aliphatic rings. The van der Waals surface area contributed by atoms with E-state index in [2.05, 4.69) is 20.8 Å². The first kappa shape index (κ1) is 11.9. The third-order valence-corrected chi connectivity index (χ3v) is 1.72. The summed E-state index contributed by atoms with van der Waals surface area (Å²) in [4.78, 5) is 0. The van der Waals surface area contributed by atoms with Crippen LogP contribution in [0.5, 0.6) is 0 Å². The van der Waals surface area contributed by atoms with Crippen LogP contribution in [0.25, 0.3) is 0 Å². The molecule has 1 unspecified atom stereocenters. The highest BCUT2D eigenvalue weighted by Crippen LogP contribution is 2.21. The standard InChI is InChI=1S/C10H23NO/c1-5-6-12-8-10(3,4)7-9(2)11/h9H,5-8,11H2,1-4H3. The third-order valence-electron chi connectivity index (χ3n) is 1.72. The van der Waals surface area contributed by atoms with Gasteiger partial charge < -0.3 is 10.5 Å². The third kappa shape index (κ3) is 6.62. The van der Waals surface area contributed by atoms with Crippen LogP contribution in [0.1, 0.15) is 40.5 Å². The molecular weight excluding hydrogens is 150 g/mol. The molecule has 0 spiro atoms. The van der Waals surface area contributed by atoms with Gasteiger partial charge in [-0.3, -0.25) is 0 Å². The molecule has 0 rings (SSSR count). The first-order valence-corrected chi connectivity index (χ1v) is 4.81. The van der Waals surface area contributed by atoms with Crippen molar-refractivity contribution in [3.63, 3.8) is 0 Å². The van der Waals surface area contributed by atoms with Crippen molar-refractivity contribution in [1.29, 1.82) is 0 Å².